The van der Waals surface area contributed by atoms with Gasteiger partial charge in [-0.3, -0.25) is 0 Å². The molecule has 47 heavy (non-hydrogen) atoms. The van der Waals surface area contributed by atoms with Crippen LogP contribution in [0.4, 0.5) is 0 Å². The molecule has 4 rings (SSSR count). The van der Waals surface area contributed by atoms with Crippen molar-refractivity contribution >= 4 is 11.9 Å². The van der Waals surface area contributed by atoms with Crippen molar-refractivity contribution in [1.29, 1.82) is 0 Å². The van der Waals surface area contributed by atoms with E-state index in [1.807, 2.05) is 6.92 Å². The molecule has 1 saturated carbocycles. The third kappa shape index (κ3) is 8.00. The Hall–Kier alpha value is -2.60. The molecule has 0 aromatic rings. The second-order valence-electron chi connectivity index (χ2n) is 12.3. The van der Waals surface area contributed by atoms with Gasteiger partial charge >= 0.3 is 11.9 Å². The summed E-state index contributed by atoms with van der Waals surface area (Å²) >= 11 is 0. The minimum atomic E-state index is -1.68. The third-order valence-electron chi connectivity index (χ3n) is 9.53. The number of esters is 2. The summed E-state index contributed by atoms with van der Waals surface area (Å²) < 4.78 is 45.0. The molecule has 0 bridgehead atoms. The van der Waals surface area contributed by atoms with Crippen LogP contribution in [0.15, 0.2) is 36.3 Å². The molecule has 15 nitrogen and oxygen atoms in total. The van der Waals surface area contributed by atoms with E-state index in [2.05, 4.69) is 6.58 Å². The molecule has 1 unspecified atom stereocenters. The zero-order chi connectivity index (χ0) is 34.4. The highest BCUT2D eigenvalue weighted by molar-refractivity contribution is 5.90. The monoisotopic (exact) mass is 672 g/mol. The van der Waals surface area contributed by atoms with Gasteiger partial charge < -0.3 is 63.4 Å². The number of hydrogen-bond donors (Lipinski definition) is 5. The average Bonchev–Trinajstić information content (AvgIpc) is 3.39. The van der Waals surface area contributed by atoms with E-state index in [4.69, 9.17) is 37.9 Å². The van der Waals surface area contributed by atoms with Crippen molar-refractivity contribution in [3.05, 3.63) is 36.3 Å². The predicted octanol–water partition coefficient (Wildman–Crippen LogP) is 0.230. The van der Waals surface area contributed by atoms with Crippen LogP contribution in [-0.2, 0) is 47.5 Å². The first kappa shape index (κ1) is 37.2. The minimum Gasteiger partial charge on any atom is -0.472 e. The van der Waals surface area contributed by atoms with Crippen molar-refractivity contribution in [3.8, 4) is 0 Å². The quantitative estimate of drug-likeness (QED) is 0.0724. The number of aliphatic hydroxyl groups excluding tert-OH is 5. The number of rotatable bonds is 14. The van der Waals surface area contributed by atoms with E-state index in [0.29, 0.717) is 6.61 Å². The van der Waals surface area contributed by atoms with Gasteiger partial charge in [-0.1, -0.05) is 26.3 Å². The zero-order valence-electron chi connectivity index (χ0n) is 27.1. The largest absolute Gasteiger partial charge is 0.472 e. The van der Waals surface area contributed by atoms with Crippen molar-refractivity contribution in [3.63, 3.8) is 0 Å². The number of carbonyl (C=O) groups is 2. The fraction of sp³-hybridized carbons (Fsp3) is 0.750. The van der Waals surface area contributed by atoms with Crippen LogP contribution in [0, 0.1) is 29.6 Å². The van der Waals surface area contributed by atoms with Crippen LogP contribution < -0.4 is 0 Å². The highest BCUT2D eigenvalue weighted by Crippen LogP contribution is 2.48. The van der Waals surface area contributed by atoms with Gasteiger partial charge in [0.05, 0.1) is 37.4 Å². The van der Waals surface area contributed by atoms with Gasteiger partial charge in [0.1, 0.15) is 30.5 Å². The van der Waals surface area contributed by atoms with Crippen LogP contribution in [0.5, 0.6) is 0 Å². The molecule has 14 atom stereocenters. The van der Waals surface area contributed by atoms with Gasteiger partial charge in [-0.15, -0.1) is 6.58 Å². The first-order valence-electron chi connectivity index (χ1n) is 15.9. The molecule has 0 aromatic carbocycles. The van der Waals surface area contributed by atoms with E-state index in [-0.39, 0.29) is 24.0 Å². The summed E-state index contributed by atoms with van der Waals surface area (Å²) in [5.41, 5.74) is 0.366. The SMILES string of the molecule is C=C[C@H]1[C@H](O[C@@H]2O[C@H](CO)[C@@H](O)[C@H](O)[C@H]2O)OC=C(C(=O)O[C@H]2C[C@@H]3C(C(=O)OC)=CO[C@@H](O)[C@@H]3[C@H]2C)[C@H]1CC(OC)OCCCC. The lowest BCUT2D eigenvalue weighted by Gasteiger charge is -2.43. The average molecular weight is 673 g/mol. The number of unbranched alkanes of at least 4 members (excludes halogenated alkanes) is 1. The number of fused-ring (bicyclic) bond motifs is 1. The first-order valence-corrected chi connectivity index (χ1v) is 15.9. The van der Waals surface area contributed by atoms with E-state index in [1.165, 1.54) is 32.8 Å². The van der Waals surface area contributed by atoms with Gasteiger partial charge in [-0.25, -0.2) is 9.59 Å². The molecule has 266 valence electrons. The highest BCUT2D eigenvalue weighted by atomic mass is 16.8. The molecule has 0 aromatic heterocycles. The zero-order valence-corrected chi connectivity index (χ0v) is 27.1. The lowest BCUT2D eigenvalue weighted by Crippen LogP contribution is -2.60. The Labute approximate surface area is 273 Å². The van der Waals surface area contributed by atoms with Crippen molar-refractivity contribution < 1.29 is 73.0 Å². The van der Waals surface area contributed by atoms with Crippen molar-refractivity contribution in [1.82, 2.24) is 0 Å². The maximum Gasteiger partial charge on any atom is 0.337 e. The van der Waals surface area contributed by atoms with E-state index in [9.17, 15) is 35.1 Å². The van der Waals surface area contributed by atoms with Gasteiger partial charge in [0, 0.05) is 49.7 Å². The van der Waals surface area contributed by atoms with Crippen molar-refractivity contribution in [2.45, 2.75) is 95.2 Å². The Morgan fingerprint density at radius 1 is 1.04 bits per heavy atom. The second-order valence-corrected chi connectivity index (χ2v) is 12.3. The lowest BCUT2D eigenvalue weighted by atomic mass is 9.81. The molecule has 4 aliphatic rings. The van der Waals surface area contributed by atoms with Gasteiger partial charge in [-0.05, 0) is 12.8 Å². The van der Waals surface area contributed by atoms with Gasteiger partial charge in [-0.2, -0.15) is 0 Å². The summed E-state index contributed by atoms with van der Waals surface area (Å²) in [4.78, 5) is 26.3. The Bertz CT molecular complexity index is 1140. The molecule has 15 heteroatoms. The number of ether oxygens (including phenoxy) is 8. The van der Waals surface area contributed by atoms with E-state index < -0.39 is 104 Å². The Morgan fingerprint density at radius 2 is 1.77 bits per heavy atom. The number of hydrogen-bond acceptors (Lipinski definition) is 15. The Balaban J connectivity index is 1.57. The maximum absolute atomic E-state index is 13.9. The molecule has 3 heterocycles. The van der Waals surface area contributed by atoms with Crippen LogP contribution in [0.1, 0.15) is 39.5 Å². The van der Waals surface area contributed by atoms with Gasteiger partial charge in [0.25, 0.3) is 0 Å². The van der Waals surface area contributed by atoms with Crippen molar-refractivity contribution in [2.24, 2.45) is 29.6 Å². The summed E-state index contributed by atoms with van der Waals surface area (Å²) in [5, 5.41) is 51.2. The normalized spacial score (nSPS) is 39.0. The summed E-state index contributed by atoms with van der Waals surface area (Å²) in [6.07, 6.45) is -5.56. The van der Waals surface area contributed by atoms with E-state index in [0.717, 1.165) is 12.8 Å². The van der Waals surface area contributed by atoms with Crippen LogP contribution in [-0.4, -0.2) is 121 Å². The molecular weight excluding hydrogens is 624 g/mol. The Kier molecular flexibility index (Phi) is 13.2. The molecular formula is C32H48O15. The summed E-state index contributed by atoms with van der Waals surface area (Å²) in [6, 6.07) is 0. The second kappa shape index (κ2) is 16.7. The number of methoxy groups -OCH3 is 2. The summed E-state index contributed by atoms with van der Waals surface area (Å²) in [5.74, 6) is -4.18. The fourth-order valence-corrected chi connectivity index (χ4v) is 6.74. The fourth-order valence-electron chi connectivity index (χ4n) is 6.74. The molecule has 1 aliphatic carbocycles. The predicted molar refractivity (Wildman–Crippen MR) is 159 cm³/mol. The standard InChI is InChI=1S/C32H48O15/c1-6-8-9-42-23(40-4)11-17-16(7-2)31(47-32-27(36)26(35)25(34)22(12-33)46-32)44-14-19(17)29(38)45-21-10-18-20(28(37)41-5)13-43-30(39)24(18)15(21)3/h7,13-18,21-27,30-36,39H,2,6,8-12H2,1,3-5H3/t15-,16+,17-,18+,21-,22+,23?,24+,25+,26-,27+,30+,31-,32-/m0/s1. The van der Waals surface area contributed by atoms with Crippen LogP contribution in [0.3, 0.4) is 0 Å². The smallest absolute Gasteiger partial charge is 0.337 e. The van der Waals surface area contributed by atoms with Crippen LogP contribution in [0.2, 0.25) is 0 Å². The summed E-state index contributed by atoms with van der Waals surface area (Å²) in [7, 11) is 2.73. The maximum atomic E-state index is 13.9. The molecule has 5 N–H and O–H groups in total. The molecule has 0 spiro atoms. The topological polar surface area (TPSA) is 209 Å². The van der Waals surface area contributed by atoms with Crippen molar-refractivity contribution in [2.75, 3.05) is 27.4 Å². The molecule has 0 radical (unpaired) electrons. The molecule has 3 aliphatic heterocycles. The first-order chi connectivity index (χ1) is 22.5. The number of carbonyl (C=O) groups excluding carboxylic acids is 2. The highest BCUT2D eigenvalue weighted by Gasteiger charge is 2.53. The molecule has 2 fully saturated rings. The van der Waals surface area contributed by atoms with Gasteiger partial charge in [0.2, 0.25) is 6.29 Å². The Morgan fingerprint density at radius 3 is 2.40 bits per heavy atom. The number of aliphatic hydroxyl groups is 5. The minimum absolute atomic E-state index is 0.118. The van der Waals surface area contributed by atoms with Gasteiger partial charge in [0.15, 0.2) is 18.9 Å². The molecule has 0 amide bonds. The third-order valence-corrected chi connectivity index (χ3v) is 9.53. The van der Waals surface area contributed by atoms with Crippen LogP contribution >= 0.6 is 0 Å². The lowest BCUT2D eigenvalue weighted by molar-refractivity contribution is -0.339. The van der Waals surface area contributed by atoms with Crippen LogP contribution in [0.25, 0.3) is 0 Å². The summed E-state index contributed by atoms with van der Waals surface area (Å²) in [6.45, 7) is 7.50. The molecule has 1 saturated heterocycles. The van der Waals surface area contributed by atoms with E-state index in [1.54, 1.807) is 6.92 Å². The van der Waals surface area contributed by atoms with E-state index >= 15 is 0 Å².